The molecule has 1 N–H and O–H groups in total. The first kappa shape index (κ1) is 27.7. The second-order valence-electron chi connectivity index (χ2n) is 10.1. The van der Waals surface area contributed by atoms with E-state index >= 15 is 0 Å². The molecule has 0 aliphatic carbocycles. The summed E-state index contributed by atoms with van der Waals surface area (Å²) in [6.07, 6.45) is 0.903. The van der Waals surface area contributed by atoms with Crippen molar-refractivity contribution in [1.82, 2.24) is 14.5 Å². The van der Waals surface area contributed by atoms with Crippen molar-refractivity contribution in [1.29, 1.82) is 0 Å². The smallest absolute Gasteiger partial charge is 0.332 e. The lowest BCUT2D eigenvalue weighted by molar-refractivity contribution is 0.0952. The van der Waals surface area contributed by atoms with Gasteiger partial charge >= 0.3 is 5.69 Å². The van der Waals surface area contributed by atoms with Crippen LogP contribution in [0.15, 0.2) is 70.3 Å². The molecule has 4 rings (SSSR count). The van der Waals surface area contributed by atoms with Crippen LogP contribution in [-0.2, 0) is 13.1 Å². The molecule has 0 aliphatic rings. The summed E-state index contributed by atoms with van der Waals surface area (Å²) in [6, 6.07) is 18.2. The maximum Gasteiger partial charge on any atom is 0.332 e. The van der Waals surface area contributed by atoms with E-state index in [1.165, 1.54) is 18.8 Å². The highest BCUT2D eigenvalue weighted by Crippen LogP contribution is 2.30. The molecule has 0 unspecified atom stereocenters. The average molecular weight is 530 g/mol. The number of aryl methyl sites for hydroxylation is 1. The number of methoxy groups -OCH3 is 2. The van der Waals surface area contributed by atoms with E-state index in [0.717, 1.165) is 23.1 Å². The Labute approximate surface area is 227 Å². The number of carbonyl (C=O) groups is 1. The zero-order chi connectivity index (χ0) is 28.1. The van der Waals surface area contributed by atoms with Crippen LogP contribution < -0.4 is 26.0 Å². The molecule has 204 valence electrons. The van der Waals surface area contributed by atoms with Crippen LogP contribution in [0, 0.1) is 12.8 Å². The lowest BCUT2D eigenvalue weighted by Crippen LogP contribution is -2.40. The first-order chi connectivity index (χ1) is 18.7. The number of nitrogens with one attached hydrogen (secondary N) is 1. The van der Waals surface area contributed by atoms with Gasteiger partial charge in [0.05, 0.1) is 38.2 Å². The number of ether oxygens (including phenoxy) is 2. The number of hydrogen-bond donors (Lipinski definition) is 1. The fraction of sp³-hybridized carbons (Fsp3) is 0.323. The molecule has 0 fully saturated rings. The molecular formula is C31H35N3O5. The Morgan fingerprint density at radius 3 is 2.18 bits per heavy atom. The minimum atomic E-state index is -0.434. The Balaban J connectivity index is 1.75. The number of hydrogen-bond acceptors (Lipinski definition) is 5. The summed E-state index contributed by atoms with van der Waals surface area (Å²) in [4.78, 5) is 39.9. The van der Waals surface area contributed by atoms with Crippen LogP contribution in [0.1, 0.15) is 47.3 Å². The maximum atomic E-state index is 13.8. The molecule has 1 heterocycles. The predicted molar refractivity (Wildman–Crippen MR) is 153 cm³/mol. The van der Waals surface area contributed by atoms with Gasteiger partial charge in [0.1, 0.15) is 0 Å². The first-order valence-corrected chi connectivity index (χ1v) is 13.0. The molecule has 8 heteroatoms. The van der Waals surface area contributed by atoms with Crippen molar-refractivity contribution in [2.75, 3.05) is 20.8 Å². The maximum absolute atomic E-state index is 13.8. The number of nitrogens with zero attached hydrogens (tertiary/aromatic N) is 2. The largest absolute Gasteiger partial charge is 0.493 e. The van der Waals surface area contributed by atoms with E-state index in [9.17, 15) is 14.4 Å². The normalized spacial score (nSPS) is 11.1. The number of rotatable bonds is 10. The summed E-state index contributed by atoms with van der Waals surface area (Å²) in [5.74, 6) is 1.19. The van der Waals surface area contributed by atoms with Gasteiger partial charge in [0.15, 0.2) is 11.5 Å². The Hall–Kier alpha value is -4.33. The topological polar surface area (TPSA) is 91.6 Å². The molecule has 0 radical (unpaired) electrons. The highest BCUT2D eigenvalue weighted by Gasteiger charge is 2.18. The molecule has 0 spiro atoms. The van der Waals surface area contributed by atoms with Crippen LogP contribution in [0.25, 0.3) is 10.9 Å². The van der Waals surface area contributed by atoms with Crippen LogP contribution >= 0.6 is 0 Å². The summed E-state index contributed by atoms with van der Waals surface area (Å²) < 4.78 is 13.7. The van der Waals surface area contributed by atoms with Crippen molar-refractivity contribution in [2.24, 2.45) is 5.92 Å². The molecule has 1 aromatic heterocycles. The fourth-order valence-electron chi connectivity index (χ4n) is 4.55. The lowest BCUT2D eigenvalue weighted by atomic mass is 10.1. The number of carbonyl (C=O) groups excluding carboxylic acids is 1. The molecule has 3 aromatic carbocycles. The van der Waals surface area contributed by atoms with Crippen molar-refractivity contribution < 1.29 is 14.3 Å². The van der Waals surface area contributed by atoms with Gasteiger partial charge in [-0.1, -0.05) is 55.8 Å². The second-order valence-corrected chi connectivity index (χ2v) is 10.1. The van der Waals surface area contributed by atoms with Gasteiger partial charge < -0.3 is 14.8 Å². The van der Waals surface area contributed by atoms with Crippen LogP contribution in [0.2, 0.25) is 0 Å². The van der Waals surface area contributed by atoms with Crippen molar-refractivity contribution >= 4 is 16.8 Å². The molecule has 0 bridgehead atoms. The summed E-state index contributed by atoms with van der Waals surface area (Å²) in [5.41, 5.74) is 2.88. The van der Waals surface area contributed by atoms with E-state index in [0.29, 0.717) is 40.4 Å². The summed E-state index contributed by atoms with van der Waals surface area (Å²) in [6.45, 7) is 7.16. The Kier molecular flexibility index (Phi) is 8.54. The first-order valence-electron chi connectivity index (χ1n) is 13.0. The molecule has 0 atom stereocenters. The van der Waals surface area contributed by atoms with E-state index in [1.54, 1.807) is 41.0 Å². The van der Waals surface area contributed by atoms with E-state index in [-0.39, 0.29) is 19.0 Å². The van der Waals surface area contributed by atoms with Gasteiger partial charge in [0.25, 0.3) is 11.5 Å². The number of fused-ring (bicyclic) bond motifs is 1. The number of benzene rings is 3. The van der Waals surface area contributed by atoms with Crippen LogP contribution in [0.5, 0.6) is 11.5 Å². The van der Waals surface area contributed by atoms with Crippen molar-refractivity contribution in [3.8, 4) is 11.5 Å². The Bertz CT molecular complexity index is 1600. The minimum absolute atomic E-state index is 0.0605. The van der Waals surface area contributed by atoms with E-state index in [2.05, 4.69) is 19.2 Å². The third-order valence-electron chi connectivity index (χ3n) is 6.72. The van der Waals surface area contributed by atoms with Crippen molar-refractivity contribution in [3.63, 3.8) is 0 Å². The van der Waals surface area contributed by atoms with E-state index in [4.69, 9.17) is 9.47 Å². The molecule has 8 nitrogen and oxygen atoms in total. The monoisotopic (exact) mass is 529 g/mol. The molecule has 0 aliphatic heterocycles. The summed E-state index contributed by atoms with van der Waals surface area (Å²) in [5, 5.41) is 3.27. The average Bonchev–Trinajstić information content (AvgIpc) is 2.92. The summed E-state index contributed by atoms with van der Waals surface area (Å²) >= 11 is 0. The molecule has 0 saturated heterocycles. The second kappa shape index (κ2) is 12.0. The van der Waals surface area contributed by atoms with Gasteiger partial charge in [-0.15, -0.1) is 0 Å². The summed E-state index contributed by atoms with van der Waals surface area (Å²) in [7, 11) is 3.02. The molecule has 0 saturated carbocycles. The van der Waals surface area contributed by atoms with Gasteiger partial charge in [0, 0.05) is 18.2 Å². The highest BCUT2D eigenvalue weighted by molar-refractivity contribution is 5.94. The molecule has 39 heavy (non-hydrogen) atoms. The fourth-order valence-corrected chi connectivity index (χ4v) is 4.55. The SMILES string of the molecule is COc1cc2c(=O)n(Cc3ccc(C(=O)NCCC(C)C)cc3)c(=O)n(Cc3cccc(C)c3)c2cc1OC. The van der Waals surface area contributed by atoms with E-state index in [1.807, 2.05) is 31.2 Å². The standard InChI is InChI=1S/C31H35N3O5/c1-20(2)13-14-32-29(35)24-11-9-22(10-12-24)18-34-30(36)25-16-27(38-4)28(39-5)17-26(25)33(31(34)37)19-23-8-6-7-21(3)15-23/h6-12,15-17,20H,13-14,18-19H2,1-5H3,(H,32,35). The van der Waals surface area contributed by atoms with E-state index < -0.39 is 11.2 Å². The predicted octanol–water partition coefficient (Wildman–Crippen LogP) is 4.36. The number of aromatic nitrogens is 2. The molecular weight excluding hydrogens is 494 g/mol. The highest BCUT2D eigenvalue weighted by atomic mass is 16.5. The molecule has 4 aromatic rings. The lowest BCUT2D eigenvalue weighted by Gasteiger charge is -2.17. The zero-order valence-corrected chi connectivity index (χ0v) is 23.1. The van der Waals surface area contributed by atoms with Crippen molar-refractivity contribution in [3.05, 3.63) is 104 Å². The van der Waals surface area contributed by atoms with Gasteiger partial charge in [-0.3, -0.25) is 18.7 Å². The van der Waals surface area contributed by atoms with Crippen LogP contribution in [0.4, 0.5) is 0 Å². The van der Waals surface area contributed by atoms with Crippen LogP contribution in [0.3, 0.4) is 0 Å². The quantitative estimate of drug-likeness (QED) is 0.330. The third-order valence-corrected chi connectivity index (χ3v) is 6.72. The minimum Gasteiger partial charge on any atom is -0.493 e. The number of amides is 1. The van der Waals surface area contributed by atoms with Crippen LogP contribution in [-0.4, -0.2) is 35.8 Å². The Morgan fingerprint density at radius 1 is 0.872 bits per heavy atom. The molecule has 1 amide bonds. The van der Waals surface area contributed by atoms with Crippen molar-refractivity contribution in [2.45, 2.75) is 40.3 Å². The van der Waals surface area contributed by atoms with Gasteiger partial charge in [0.2, 0.25) is 0 Å². The van der Waals surface area contributed by atoms with Gasteiger partial charge in [-0.05, 0) is 48.6 Å². The Morgan fingerprint density at radius 2 is 1.54 bits per heavy atom. The van der Waals surface area contributed by atoms with Gasteiger partial charge in [-0.25, -0.2) is 4.79 Å². The third kappa shape index (κ3) is 6.22. The zero-order valence-electron chi connectivity index (χ0n) is 23.1. The van der Waals surface area contributed by atoms with Gasteiger partial charge in [-0.2, -0.15) is 0 Å².